The minimum absolute atomic E-state index is 0.0435. The predicted molar refractivity (Wildman–Crippen MR) is 110 cm³/mol. The van der Waals surface area contributed by atoms with Crippen LogP contribution in [-0.2, 0) is 11.3 Å². The molecule has 1 aliphatic rings. The molecular weight excluding hydrogens is 436 g/mol. The average Bonchev–Trinajstić information content (AvgIpc) is 2.73. The molecule has 0 atom stereocenters. The highest BCUT2D eigenvalue weighted by molar-refractivity contribution is 8.00. The molecule has 4 rings (SSSR count). The molecule has 0 amide bonds. The van der Waals surface area contributed by atoms with E-state index in [1.807, 2.05) is 0 Å². The summed E-state index contributed by atoms with van der Waals surface area (Å²) in [7, 11) is 1.32. The van der Waals surface area contributed by atoms with Crippen LogP contribution in [-0.4, -0.2) is 18.2 Å². The van der Waals surface area contributed by atoms with Gasteiger partial charge in [-0.1, -0.05) is 17.7 Å². The van der Waals surface area contributed by atoms with Crippen molar-refractivity contribution >= 4 is 35.2 Å². The summed E-state index contributed by atoms with van der Waals surface area (Å²) in [5.41, 5.74) is 1.58. The minimum Gasteiger partial charge on any atom is -0.505 e. The zero-order valence-corrected chi connectivity index (χ0v) is 17.0. The van der Waals surface area contributed by atoms with Crippen LogP contribution in [0.5, 0.6) is 11.5 Å². The number of carbonyl (C=O) groups is 1. The van der Waals surface area contributed by atoms with Crippen LogP contribution in [0.15, 0.2) is 47.4 Å². The SMILES string of the molecule is COc1c(F)cc2cc1NSc1cc(cc(Cl)c1O)C(=O)OCc1ccc(F)cc1-2. The van der Waals surface area contributed by atoms with E-state index < -0.39 is 17.6 Å². The Hall–Kier alpha value is -2.97. The third-order valence-corrected chi connectivity index (χ3v) is 5.67. The number of methoxy groups -OCH3 is 1. The van der Waals surface area contributed by atoms with Crippen molar-refractivity contribution in [3.05, 3.63) is 70.2 Å². The monoisotopic (exact) mass is 449 g/mol. The van der Waals surface area contributed by atoms with Crippen LogP contribution in [0, 0.1) is 11.6 Å². The first-order valence-corrected chi connectivity index (χ1v) is 9.85. The number of carbonyl (C=O) groups excluding carboxylic acids is 1. The first-order valence-electron chi connectivity index (χ1n) is 8.66. The molecule has 0 spiro atoms. The first kappa shape index (κ1) is 20.3. The summed E-state index contributed by atoms with van der Waals surface area (Å²) >= 11 is 6.95. The van der Waals surface area contributed by atoms with Crippen LogP contribution in [0.3, 0.4) is 0 Å². The summed E-state index contributed by atoms with van der Waals surface area (Å²) in [6, 6.07) is 9.42. The van der Waals surface area contributed by atoms with E-state index in [0.29, 0.717) is 16.7 Å². The summed E-state index contributed by atoms with van der Waals surface area (Å²) in [6.45, 7) is -0.175. The third kappa shape index (κ3) is 3.76. The topological polar surface area (TPSA) is 67.8 Å². The lowest BCUT2D eigenvalue weighted by Gasteiger charge is -2.15. The zero-order chi connectivity index (χ0) is 21.4. The van der Waals surface area contributed by atoms with E-state index in [-0.39, 0.29) is 39.3 Å². The van der Waals surface area contributed by atoms with Crippen molar-refractivity contribution in [1.29, 1.82) is 0 Å². The number of fused-ring (bicyclic) bond motifs is 6. The van der Waals surface area contributed by atoms with Crippen molar-refractivity contribution in [3.63, 3.8) is 0 Å². The molecule has 4 bridgehead atoms. The van der Waals surface area contributed by atoms with Gasteiger partial charge >= 0.3 is 5.97 Å². The van der Waals surface area contributed by atoms with Gasteiger partial charge in [0.05, 0.1) is 28.3 Å². The number of benzene rings is 3. The smallest absolute Gasteiger partial charge is 0.338 e. The van der Waals surface area contributed by atoms with Crippen molar-refractivity contribution in [2.45, 2.75) is 11.5 Å². The van der Waals surface area contributed by atoms with Crippen molar-refractivity contribution in [3.8, 4) is 22.6 Å². The highest BCUT2D eigenvalue weighted by atomic mass is 35.5. The quantitative estimate of drug-likeness (QED) is 0.362. The fraction of sp³-hybridized carbons (Fsp3) is 0.0952. The Balaban J connectivity index is 1.93. The van der Waals surface area contributed by atoms with Gasteiger partial charge in [-0.15, -0.1) is 0 Å². The second kappa shape index (κ2) is 8.04. The number of halogens is 3. The predicted octanol–water partition coefficient (Wildman–Crippen LogP) is 5.79. The molecule has 0 fully saturated rings. The molecule has 1 aliphatic heterocycles. The largest absolute Gasteiger partial charge is 0.505 e. The van der Waals surface area contributed by atoms with Gasteiger partial charge in [-0.25, -0.2) is 13.6 Å². The van der Waals surface area contributed by atoms with Crippen LogP contribution >= 0.6 is 23.5 Å². The molecule has 0 aromatic heterocycles. The van der Waals surface area contributed by atoms with E-state index in [2.05, 4.69) is 4.72 Å². The van der Waals surface area contributed by atoms with Crippen molar-refractivity contribution in [2.24, 2.45) is 0 Å². The maximum atomic E-state index is 14.7. The normalized spacial score (nSPS) is 13.1. The summed E-state index contributed by atoms with van der Waals surface area (Å²) in [4.78, 5) is 12.7. The van der Waals surface area contributed by atoms with E-state index in [4.69, 9.17) is 21.1 Å². The van der Waals surface area contributed by atoms with Gasteiger partial charge in [0.25, 0.3) is 0 Å². The number of anilines is 1. The number of phenols is 1. The van der Waals surface area contributed by atoms with Gasteiger partial charge < -0.3 is 19.3 Å². The van der Waals surface area contributed by atoms with Crippen molar-refractivity contribution in [1.82, 2.24) is 0 Å². The van der Waals surface area contributed by atoms with Gasteiger partial charge in [-0.2, -0.15) is 0 Å². The summed E-state index contributed by atoms with van der Waals surface area (Å²) in [5.74, 6) is -2.18. The van der Waals surface area contributed by atoms with Crippen LogP contribution < -0.4 is 9.46 Å². The van der Waals surface area contributed by atoms with Gasteiger partial charge in [0.1, 0.15) is 18.2 Å². The molecule has 0 aliphatic carbocycles. The molecule has 0 saturated carbocycles. The van der Waals surface area contributed by atoms with Gasteiger partial charge in [0.2, 0.25) is 0 Å². The van der Waals surface area contributed by atoms with Crippen molar-refractivity contribution in [2.75, 3.05) is 11.8 Å². The molecule has 1 heterocycles. The number of ether oxygens (including phenoxy) is 2. The number of aromatic hydroxyl groups is 1. The molecule has 0 saturated heterocycles. The lowest BCUT2D eigenvalue weighted by atomic mass is 9.99. The standard InChI is InChI=1S/C21H14ClF2NO4S/c1-28-20-16(24)5-11-6-17(20)25-30-18-7-12(4-15(22)19(18)26)21(27)29-9-10-2-3-13(23)8-14(10)11/h2-8,25-26H,9H2,1H3. The van der Waals surface area contributed by atoms with Crippen LogP contribution in [0.4, 0.5) is 14.5 Å². The number of nitrogens with one attached hydrogen (secondary N) is 1. The minimum atomic E-state index is -0.677. The highest BCUT2D eigenvalue weighted by Crippen LogP contribution is 2.41. The highest BCUT2D eigenvalue weighted by Gasteiger charge is 2.20. The molecule has 0 radical (unpaired) electrons. The third-order valence-electron chi connectivity index (χ3n) is 4.52. The number of hydrogen-bond acceptors (Lipinski definition) is 6. The summed E-state index contributed by atoms with van der Waals surface area (Å²) in [6.07, 6.45) is 0. The molecule has 2 N–H and O–H groups in total. The Bertz CT molecular complexity index is 1170. The van der Waals surface area contributed by atoms with E-state index in [9.17, 15) is 18.7 Å². The van der Waals surface area contributed by atoms with E-state index in [1.54, 1.807) is 6.07 Å². The van der Waals surface area contributed by atoms with Gasteiger partial charge in [-0.05, 0) is 65.0 Å². The maximum absolute atomic E-state index is 14.7. The molecule has 3 aromatic carbocycles. The molecular formula is C21H14ClF2NO4S. The van der Waals surface area contributed by atoms with Gasteiger partial charge in [0, 0.05) is 0 Å². The van der Waals surface area contributed by atoms with Gasteiger partial charge in [0.15, 0.2) is 11.6 Å². The van der Waals surface area contributed by atoms with E-state index >= 15 is 0 Å². The molecule has 154 valence electrons. The zero-order valence-electron chi connectivity index (χ0n) is 15.5. The van der Waals surface area contributed by atoms with Crippen molar-refractivity contribution < 1.29 is 28.2 Å². The Kier molecular flexibility index (Phi) is 5.44. The summed E-state index contributed by atoms with van der Waals surface area (Å²) < 4.78 is 42.1. The first-order chi connectivity index (χ1) is 14.4. The van der Waals surface area contributed by atoms with Crippen LogP contribution in [0.25, 0.3) is 11.1 Å². The second-order valence-electron chi connectivity index (χ2n) is 6.43. The Morgan fingerprint density at radius 2 is 1.97 bits per heavy atom. The second-order valence-corrected chi connectivity index (χ2v) is 7.68. The van der Waals surface area contributed by atoms with Gasteiger partial charge in [-0.3, -0.25) is 0 Å². The van der Waals surface area contributed by atoms with E-state index in [0.717, 1.165) is 11.9 Å². The summed E-state index contributed by atoms with van der Waals surface area (Å²) in [5, 5.41) is 10.2. The van der Waals surface area contributed by atoms with E-state index in [1.165, 1.54) is 43.5 Å². The fourth-order valence-electron chi connectivity index (χ4n) is 3.08. The number of rotatable bonds is 1. The molecule has 9 heteroatoms. The Morgan fingerprint density at radius 3 is 2.73 bits per heavy atom. The maximum Gasteiger partial charge on any atom is 0.338 e. The number of hydrogen-bond donors (Lipinski definition) is 2. The van der Waals surface area contributed by atoms with Crippen LogP contribution in [0.1, 0.15) is 15.9 Å². The lowest BCUT2D eigenvalue weighted by Crippen LogP contribution is -2.06. The Morgan fingerprint density at radius 1 is 1.17 bits per heavy atom. The number of cyclic esters (lactones) is 1. The Labute approximate surface area is 179 Å². The molecule has 5 nitrogen and oxygen atoms in total. The lowest BCUT2D eigenvalue weighted by molar-refractivity contribution is 0.0473. The number of phenolic OH excluding ortho intramolecular Hbond substituents is 1. The molecule has 3 aromatic rings. The molecule has 30 heavy (non-hydrogen) atoms. The number of esters is 1. The fourth-order valence-corrected chi connectivity index (χ4v) is 4.12. The van der Waals surface area contributed by atoms with Crippen LogP contribution in [0.2, 0.25) is 5.02 Å². The molecule has 0 unspecified atom stereocenters. The average molecular weight is 450 g/mol.